The van der Waals surface area contributed by atoms with Crippen molar-refractivity contribution in [3.05, 3.63) is 50.6 Å². The molecule has 102 valence electrons. The van der Waals surface area contributed by atoms with Gasteiger partial charge in [-0.05, 0) is 52.9 Å². The van der Waals surface area contributed by atoms with E-state index in [4.69, 9.17) is 21.1 Å². The molecule has 0 fully saturated rings. The number of hydrogen-bond acceptors (Lipinski definition) is 3. The first-order valence-corrected chi connectivity index (χ1v) is 7.25. The Balaban J connectivity index is 1.80. The number of anilines is 1. The Labute approximate surface area is 134 Å². The predicted octanol–water partition coefficient (Wildman–Crippen LogP) is 3.93. The molecule has 3 rings (SSSR count). The Bertz CT molecular complexity index is 690. The third kappa shape index (κ3) is 2.69. The van der Waals surface area contributed by atoms with E-state index < -0.39 is 0 Å². The average molecular weight is 402 g/mol. The quantitative estimate of drug-likeness (QED) is 0.776. The number of carbonyl (C=O) groups is 1. The van der Waals surface area contributed by atoms with Crippen molar-refractivity contribution in [3.63, 3.8) is 0 Å². The van der Waals surface area contributed by atoms with Gasteiger partial charge in [-0.3, -0.25) is 4.79 Å². The average Bonchev–Trinajstić information content (AvgIpc) is 2.89. The molecule has 0 saturated carbocycles. The Kier molecular flexibility index (Phi) is 3.71. The first-order valence-electron chi connectivity index (χ1n) is 5.79. The van der Waals surface area contributed by atoms with Crippen molar-refractivity contribution >= 4 is 45.8 Å². The molecular formula is C14H9ClINO3. The highest BCUT2D eigenvalue weighted by molar-refractivity contribution is 14.1. The van der Waals surface area contributed by atoms with Crippen molar-refractivity contribution in [2.75, 3.05) is 12.1 Å². The normalized spacial score (nSPS) is 12.3. The Morgan fingerprint density at radius 1 is 1.15 bits per heavy atom. The number of halogens is 2. The zero-order valence-electron chi connectivity index (χ0n) is 10.2. The molecule has 0 saturated heterocycles. The van der Waals surface area contributed by atoms with Crippen LogP contribution >= 0.6 is 34.2 Å². The maximum absolute atomic E-state index is 12.1. The second-order valence-corrected chi connectivity index (χ2v) is 5.72. The molecule has 0 unspecified atom stereocenters. The molecule has 20 heavy (non-hydrogen) atoms. The van der Waals surface area contributed by atoms with Gasteiger partial charge in [-0.15, -0.1) is 0 Å². The number of hydrogen-bond donors (Lipinski definition) is 1. The molecule has 1 N–H and O–H groups in total. The van der Waals surface area contributed by atoms with Crippen molar-refractivity contribution in [3.8, 4) is 11.5 Å². The largest absolute Gasteiger partial charge is 0.454 e. The van der Waals surface area contributed by atoms with E-state index in [1.165, 1.54) is 0 Å². The van der Waals surface area contributed by atoms with E-state index >= 15 is 0 Å². The molecule has 0 radical (unpaired) electrons. The summed E-state index contributed by atoms with van der Waals surface area (Å²) in [5.74, 6) is 1.12. The van der Waals surface area contributed by atoms with Gasteiger partial charge in [0.1, 0.15) is 0 Å². The first-order chi connectivity index (χ1) is 9.63. The Hall–Kier alpha value is -1.47. The third-order valence-electron chi connectivity index (χ3n) is 2.81. The monoisotopic (exact) mass is 401 g/mol. The lowest BCUT2D eigenvalue weighted by Gasteiger charge is -2.07. The van der Waals surface area contributed by atoms with E-state index in [1.54, 1.807) is 36.4 Å². The van der Waals surface area contributed by atoms with Crippen LogP contribution in [0.3, 0.4) is 0 Å². The van der Waals surface area contributed by atoms with Gasteiger partial charge in [0.05, 0.1) is 5.02 Å². The third-order valence-corrected chi connectivity index (χ3v) is 4.35. The van der Waals surface area contributed by atoms with Gasteiger partial charge >= 0.3 is 0 Å². The van der Waals surface area contributed by atoms with E-state index in [9.17, 15) is 4.79 Å². The zero-order chi connectivity index (χ0) is 14.1. The number of rotatable bonds is 2. The van der Waals surface area contributed by atoms with Crippen LogP contribution in [0.4, 0.5) is 5.69 Å². The minimum absolute atomic E-state index is 0.196. The van der Waals surface area contributed by atoms with Gasteiger partial charge in [0.25, 0.3) is 5.91 Å². The van der Waals surface area contributed by atoms with Crippen molar-refractivity contribution in [1.82, 2.24) is 0 Å². The molecule has 6 heteroatoms. The summed E-state index contributed by atoms with van der Waals surface area (Å²) < 4.78 is 11.3. The Morgan fingerprint density at radius 3 is 2.75 bits per heavy atom. The van der Waals surface area contributed by atoms with Gasteiger partial charge < -0.3 is 14.8 Å². The summed E-state index contributed by atoms with van der Waals surface area (Å²) in [6.07, 6.45) is 0. The standard InChI is InChI=1S/C14H9ClINO3/c15-10-3-1-8(5-11(10)16)14(18)17-9-2-4-12-13(6-9)20-7-19-12/h1-6H,7H2,(H,17,18). The molecule has 0 aliphatic carbocycles. The second kappa shape index (κ2) is 5.49. The lowest BCUT2D eigenvalue weighted by Crippen LogP contribution is -2.11. The topological polar surface area (TPSA) is 47.6 Å². The number of ether oxygens (including phenoxy) is 2. The highest BCUT2D eigenvalue weighted by Crippen LogP contribution is 2.34. The smallest absolute Gasteiger partial charge is 0.255 e. The van der Waals surface area contributed by atoms with Gasteiger partial charge in [0, 0.05) is 20.9 Å². The molecule has 4 nitrogen and oxygen atoms in total. The molecule has 0 atom stereocenters. The minimum Gasteiger partial charge on any atom is -0.454 e. The van der Waals surface area contributed by atoms with Crippen molar-refractivity contribution in [2.24, 2.45) is 0 Å². The molecule has 0 spiro atoms. The fourth-order valence-corrected chi connectivity index (χ4v) is 2.45. The summed E-state index contributed by atoms with van der Waals surface area (Å²) in [6, 6.07) is 10.4. The maximum Gasteiger partial charge on any atom is 0.255 e. The van der Waals surface area contributed by atoms with Gasteiger partial charge in [0.15, 0.2) is 11.5 Å². The van der Waals surface area contributed by atoms with E-state index in [-0.39, 0.29) is 12.7 Å². The van der Waals surface area contributed by atoms with E-state index in [1.807, 2.05) is 0 Å². The van der Waals surface area contributed by atoms with Gasteiger partial charge in [-0.1, -0.05) is 11.6 Å². The highest BCUT2D eigenvalue weighted by Gasteiger charge is 2.15. The van der Waals surface area contributed by atoms with Gasteiger partial charge in [-0.25, -0.2) is 0 Å². The summed E-state index contributed by atoms with van der Waals surface area (Å²) in [6.45, 7) is 0.210. The summed E-state index contributed by atoms with van der Waals surface area (Å²) in [5, 5.41) is 3.44. The number of benzene rings is 2. The first kappa shape index (κ1) is 13.5. The van der Waals surface area contributed by atoms with Crippen molar-refractivity contribution < 1.29 is 14.3 Å². The van der Waals surface area contributed by atoms with Gasteiger partial charge in [0.2, 0.25) is 6.79 Å². The van der Waals surface area contributed by atoms with Crippen LogP contribution in [0.25, 0.3) is 0 Å². The van der Waals surface area contributed by atoms with Crippen LogP contribution in [0.1, 0.15) is 10.4 Å². The summed E-state index contributed by atoms with van der Waals surface area (Å²) in [7, 11) is 0. The second-order valence-electron chi connectivity index (χ2n) is 4.15. The molecule has 0 aromatic heterocycles. The van der Waals surface area contributed by atoms with Crippen LogP contribution in [0.5, 0.6) is 11.5 Å². The van der Waals surface area contributed by atoms with Crippen molar-refractivity contribution in [2.45, 2.75) is 0 Å². The minimum atomic E-state index is -0.196. The van der Waals surface area contributed by atoms with Crippen LogP contribution in [0.15, 0.2) is 36.4 Å². The van der Waals surface area contributed by atoms with Crippen LogP contribution in [0, 0.1) is 3.57 Å². The fraction of sp³-hybridized carbons (Fsp3) is 0.0714. The molecular weight excluding hydrogens is 393 g/mol. The fourth-order valence-electron chi connectivity index (χ4n) is 1.81. The molecule has 1 amide bonds. The van der Waals surface area contributed by atoms with Crippen LogP contribution in [0.2, 0.25) is 5.02 Å². The van der Waals surface area contributed by atoms with E-state index in [2.05, 4.69) is 27.9 Å². The summed E-state index contributed by atoms with van der Waals surface area (Å²) in [4.78, 5) is 12.1. The number of carbonyl (C=O) groups excluding carboxylic acids is 1. The SMILES string of the molecule is O=C(Nc1ccc2c(c1)OCO2)c1ccc(Cl)c(I)c1. The zero-order valence-corrected chi connectivity index (χ0v) is 13.1. The number of nitrogens with one attached hydrogen (secondary N) is 1. The van der Waals surface area contributed by atoms with E-state index in [0.29, 0.717) is 27.8 Å². The molecule has 1 heterocycles. The maximum atomic E-state index is 12.1. The van der Waals surface area contributed by atoms with E-state index in [0.717, 1.165) is 3.57 Å². The highest BCUT2D eigenvalue weighted by atomic mass is 127. The summed E-state index contributed by atoms with van der Waals surface area (Å²) >= 11 is 8.03. The Morgan fingerprint density at radius 2 is 1.95 bits per heavy atom. The lowest BCUT2D eigenvalue weighted by molar-refractivity contribution is 0.102. The molecule has 1 aliphatic rings. The molecule has 2 aromatic carbocycles. The van der Waals surface area contributed by atoms with Crippen molar-refractivity contribution in [1.29, 1.82) is 0 Å². The van der Waals surface area contributed by atoms with Crippen LogP contribution in [-0.4, -0.2) is 12.7 Å². The summed E-state index contributed by atoms with van der Waals surface area (Å²) in [5.41, 5.74) is 1.21. The molecule has 0 bridgehead atoms. The number of amides is 1. The lowest BCUT2D eigenvalue weighted by atomic mass is 10.2. The van der Waals surface area contributed by atoms with Crippen LogP contribution in [-0.2, 0) is 0 Å². The molecule has 2 aromatic rings. The predicted molar refractivity (Wildman–Crippen MR) is 84.7 cm³/mol. The van der Waals surface area contributed by atoms with Gasteiger partial charge in [-0.2, -0.15) is 0 Å². The molecule has 1 aliphatic heterocycles. The number of fused-ring (bicyclic) bond motifs is 1. The van der Waals surface area contributed by atoms with Crippen LogP contribution < -0.4 is 14.8 Å².